The van der Waals surface area contributed by atoms with Gasteiger partial charge in [0.05, 0.1) is 18.5 Å². The largest absolute Gasteiger partial charge is 0.396 e. The summed E-state index contributed by atoms with van der Waals surface area (Å²) >= 11 is 0. The number of ether oxygens (including phenoxy) is 1. The lowest BCUT2D eigenvalue weighted by molar-refractivity contribution is -0.129. The highest BCUT2D eigenvalue weighted by Crippen LogP contribution is 2.14. The fourth-order valence-corrected chi connectivity index (χ4v) is 1.78. The first kappa shape index (κ1) is 17.0. The van der Waals surface area contributed by atoms with E-state index in [2.05, 4.69) is 5.10 Å². The first-order valence-corrected chi connectivity index (χ1v) is 6.72. The summed E-state index contributed by atoms with van der Waals surface area (Å²) in [6.45, 7) is 3.02. The second-order valence-electron chi connectivity index (χ2n) is 4.77. The molecule has 0 radical (unpaired) electrons. The van der Waals surface area contributed by atoms with Crippen LogP contribution in [0.15, 0.2) is 6.20 Å². The number of nitrogen functional groups attached to an aromatic ring is 1. The number of carbonyl (C=O) groups is 2. The van der Waals surface area contributed by atoms with E-state index in [4.69, 9.17) is 10.5 Å². The maximum Gasteiger partial charge on any atom is 0.274 e. The van der Waals surface area contributed by atoms with E-state index in [0.29, 0.717) is 31.1 Å². The van der Waals surface area contributed by atoms with Crippen LogP contribution >= 0.6 is 0 Å². The van der Waals surface area contributed by atoms with Crippen LogP contribution < -0.4 is 5.73 Å². The van der Waals surface area contributed by atoms with Gasteiger partial charge in [0.2, 0.25) is 5.91 Å². The van der Waals surface area contributed by atoms with Crippen LogP contribution in [0.1, 0.15) is 17.4 Å². The predicted molar refractivity (Wildman–Crippen MR) is 78.8 cm³/mol. The highest BCUT2D eigenvalue weighted by Gasteiger charge is 2.24. The van der Waals surface area contributed by atoms with Gasteiger partial charge in [0.25, 0.3) is 5.91 Å². The summed E-state index contributed by atoms with van der Waals surface area (Å²) in [7, 11) is 4.83. The number of hydrogen-bond donors (Lipinski definition) is 1. The van der Waals surface area contributed by atoms with E-state index in [-0.39, 0.29) is 18.4 Å². The van der Waals surface area contributed by atoms with Crippen LogP contribution in [0.4, 0.5) is 5.69 Å². The summed E-state index contributed by atoms with van der Waals surface area (Å²) in [6.07, 6.45) is 1.44. The molecule has 0 aliphatic carbocycles. The standard InChI is InChI=1S/C13H23N5O3/c1-5-18-12(10(14)8-15-18)13(20)17(6-7-21-4)9-11(19)16(2)3/h8H,5-7,9,14H2,1-4H3. The van der Waals surface area contributed by atoms with Gasteiger partial charge >= 0.3 is 0 Å². The highest BCUT2D eigenvalue weighted by molar-refractivity contribution is 5.99. The number of amides is 2. The molecule has 1 aromatic heterocycles. The summed E-state index contributed by atoms with van der Waals surface area (Å²) < 4.78 is 6.52. The number of nitrogens with zero attached hydrogens (tertiary/aromatic N) is 4. The average Bonchev–Trinajstić information content (AvgIpc) is 2.83. The van der Waals surface area contributed by atoms with Crippen LogP contribution in [0.2, 0.25) is 0 Å². The Bertz CT molecular complexity index is 498. The van der Waals surface area contributed by atoms with E-state index in [1.807, 2.05) is 6.92 Å². The molecule has 8 heteroatoms. The second kappa shape index (κ2) is 7.63. The van der Waals surface area contributed by atoms with Crippen molar-refractivity contribution in [3.8, 4) is 0 Å². The van der Waals surface area contributed by atoms with Crippen LogP contribution in [-0.2, 0) is 16.1 Å². The van der Waals surface area contributed by atoms with E-state index < -0.39 is 0 Å². The number of aromatic nitrogens is 2. The van der Waals surface area contributed by atoms with Crippen LogP contribution in [-0.4, -0.2) is 72.3 Å². The lowest BCUT2D eigenvalue weighted by Crippen LogP contribution is -2.42. The molecule has 0 fully saturated rings. The topological polar surface area (TPSA) is 93.7 Å². The zero-order chi connectivity index (χ0) is 16.0. The fourth-order valence-electron chi connectivity index (χ4n) is 1.78. The number of methoxy groups -OCH3 is 1. The Kier molecular flexibility index (Phi) is 6.16. The summed E-state index contributed by atoms with van der Waals surface area (Å²) in [5.74, 6) is -0.486. The number of nitrogens with two attached hydrogens (primary N) is 1. The van der Waals surface area contributed by atoms with Crippen LogP contribution in [0, 0.1) is 0 Å². The molecular weight excluding hydrogens is 274 g/mol. The monoisotopic (exact) mass is 297 g/mol. The number of aryl methyl sites for hydroxylation is 1. The maximum atomic E-state index is 12.6. The smallest absolute Gasteiger partial charge is 0.274 e. The Balaban J connectivity index is 2.98. The highest BCUT2D eigenvalue weighted by atomic mass is 16.5. The lowest BCUT2D eigenvalue weighted by atomic mass is 10.3. The minimum absolute atomic E-state index is 0.0243. The van der Waals surface area contributed by atoms with Crippen molar-refractivity contribution in [2.75, 3.05) is 46.6 Å². The van der Waals surface area contributed by atoms with E-state index in [0.717, 1.165) is 0 Å². The third-order valence-corrected chi connectivity index (χ3v) is 3.05. The Morgan fingerprint density at radius 2 is 2.10 bits per heavy atom. The predicted octanol–water partition coefficient (Wildman–Crippen LogP) is -0.338. The van der Waals surface area contributed by atoms with Gasteiger partial charge in [0.15, 0.2) is 0 Å². The van der Waals surface area contributed by atoms with Crippen molar-refractivity contribution in [1.29, 1.82) is 0 Å². The molecule has 0 aliphatic rings. The zero-order valence-electron chi connectivity index (χ0n) is 13.0. The van der Waals surface area contributed by atoms with Crippen LogP contribution in [0.3, 0.4) is 0 Å². The average molecular weight is 297 g/mol. The van der Waals surface area contributed by atoms with Crippen molar-refractivity contribution in [2.45, 2.75) is 13.5 Å². The zero-order valence-corrected chi connectivity index (χ0v) is 13.0. The normalized spacial score (nSPS) is 10.5. The van der Waals surface area contributed by atoms with Gasteiger partial charge in [0, 0.05) is 34.3 Å². The van der Waals surface area contributed by atoms with Crippen molar-refractivity contribution in [2.24, 2.45) is 0 Å². The molecule has 1 rings (SSSR count). The molecule has 1 heterocycles. The van der Waals surface area contributed by atoms with Crippen molar-refractivity contribution in [3.05, 3.63) is 11.9 Å². The quantitative estimate of drug-likeness (QED) is 0.743. The molecule has 1 aromatic rings. The number of likely N-dealkylation sites (N-methyl/N-ethyl adjacent to an activating group) is 1. The summed E-state index contributed by atoms with van der Waals surface area (Å²) in [5.41, 5.74) is 6.43. The molecular formula is C13H23N5O3. The molecule has 2 amide bonds. The Labute approximate surface area is 124 Å². The molecule has 21 heavy (non-hydrogen) atoms. The van der Waals surface area contributed by atoms with Gasteiger partial charge in [-0.3, -0.25) is 14.3 Å². The molecule has 0 bridgehead atoms. The number of rotatable bonds is 7. The molecule has 2 N–H and O–H groups in total. The van der Waals surface area contributed by atoms with Crippen LogP contribution in [0.5, 0.6) is 0 Å². The summed E-state index contributed by atoms with van der Waals surface area (Å²) in [4.78, 5) is 27.4. The van der Waals surface area contributed by atoms with Gasteiger partial charge in [0.1, 0.15) is 12.2 Å². The van der Waals surface area contributed by atoms with Gasteiger partial charge in [-0.05, 0) is 6.92 Å². The van der Waals surface area contributed by atoms with Gasteiger partial charge in [-0.15, -0.1) is 0 Å². The SMILES string of the molecule is CCn1ncc(N)c1C(=O)N(CCOC)CC(=O)N(C)C. The molecule has 8 nitrogen and oxygen atoms in total. The molecule has 0 saturated carbocycles. The molecule has 0 saturated heterocycles. The Morgan fingerprint density at radius 3 is 2.62 bits per heavy atom. The third-order valence-electron chi connectivity index (χ3n) is 3.05. The van der Waals surface area contributed by atoms with Gasteiger partial charge in [-0.25, -0.2) is 0 Å². The number of hydrogen-bond acceptors (Lipinski definition) is 5. The van der Waals surface area contributed by atoms with Crippen molar-refractivity contribution < 1.29 is 14.3 Å². The summed E-state index contributed by atoms with van der Waals surface area (Å²) in [6, 6.07) is 0. The van der Waals surface area contributed by atoms with Crippen molar-refractivity contribution in [3.63, 3.8) is 0 Å². The number of carbonyl (C=O) groups excluding carboxylic acids is 2. The molecule has 0 spiro atoms. The third kappa shape index (κ3) is 4.19. The first-order chi connectivity index (χ1) is 9.92. The van der Waals surface area contributed by atoms with E-state index >= 15 is 0 Å². The van der Waals surface area contributed by atoms with Gasteiger partial charge in [-0.1, -0.05) is 0 Å². The fraction of sp³-hybridized carbons (Fsp3) is 0.615. The minimum Gasteiger partial charge on any atom is -0.396 e. The number of anilines is 1. The summed E-state index contributed by atoms with van der Waals surface area (Å²) in [5, 5.41) is 4.05. The molecule has 118 valence electrons. The maximum absolute atomic E-state index is 12.6. The van der Waals surface area contributed by atoms with Gasteiger partial charge in [-0.2, -0.15) is 5.10 Å². The van der Waals surface area contributed by atoms with E-state index in [1.54, 1.807) is 21.2 Å². The lowest BCUT2D eigenvalue weighted by Gasteiger charge is -2.24. The van der Waals surface area contributed by atoms with E-state index in [9.17, 15) is 9.59 Å². The molecule has 0 aromatic carbocycles. The molecule has 0 aliphatic heterocycles. The van der Waals surface area contributed by atoms with Crippen LogP contribution in [0.25, 0.3) is 0 Å². The molecule has 0 unspecified atom stereocenters. The van der Waals surface area contributed by atoms with Crippen molar-refractivity contribution in [1.82, 2.24) is 19.6 Å². The van der Waals surface area contributed by atoms with E-state index in [1.165, 1.54) is 20.7 Å². The molecule has 0 atom stereocenters. The van der Waals surface area contributed by atoms with Crippen molar-refractivity contribution >= 4 is 17.5 Å². The minimum atomic E-state index is -0.320. The second-order valence-corrected chi connectivity index (χ2v) is 4.77. The Morgan fingerprint density at radius 1 is 1.43 bits per heavy atom. The Hall–Kier alpha value is -2.09. The van der Waals surface area contributed by atoms with Gasteiger partial charge < -0.3 is 20.3 Å². The first-order valence-electron chi connectivity index (χ1n) is 6.72.